The van der Waals surface area contributed by atoms with Gasteiger partial charge in [-0.1, -0.05) is 13.0 Å². The molecule has 0 aliphatic carbocycles. The zero-order chi connectivity index (χ0) is 17.0. The van der Waals surface area contributed by atoms with Crippen molar-refractivity contribution < 1.29 is 4.74 Å². The van der Waals surface area contributed by atoms with E-state index in [9.17, 15) is 0 Å². The van der Waals surface area contributed by atoms with Crippen molar-refractivity contribution in [3.63, 3.8) is 0 Å². The third-order valence-electron chi connectivity index (χ3n) is 4.19. The molecule has 25 heavy (non-hydrogen) atoms. The summed E-state index contributed by atoms with van der Waals surface area (Å²) in [6.45, 7) is 12.2. The van der Waals surface area contributed by atoms with E-state index >= 15 is 0 Å². The van der Waals surface area contributed by atoms with Crippen LogP contribution in [-0.4, -0.2) is 63.3 Å². The van der Waals surface area contributed by atoms with Gasteiger partial charge in [0.1, 0.15) is 0 Å². The van der Waals surface area contributed by atoms with Crippen LogP contribution >= 0.6 is 35.3 Å². The number of ether oxygens (including phenoxy) is 1. The summed E-state index contributed by atoms with van der Waals surface area (Å²) in [7, 11) is 0. The molecule has 0 bridgehead atoms. The quantitative estimate of drug-likeness (QED) is 0.247. The minimum atomic E-state index is 0. The fourth-order valence-electron chi connectivity index (χ4n) is 2.72. The van der Waals surface area contributed by atoms with Crippen molar-refractivity contribution in [2.45, 2.75) is 32.6 Å². The Kier molecular flexibility index (Phi) is 12.5. The van der Waals surface area contributed by atoms with E-state index in [0.29, 0.717) is 5.92 Å². The highest BCUT2D eigenvalue weighted by molar-refractivity contribution is 14.0. The van der Waals surface area contributed by atoms with Gasteiger partial charge in [-0.2, -0.15) is 0 Å². The lowest BCUT2D eigenvalue weighted by atomic mass is 10.1. The molecule has 5 nitrogen and oxygen atoms in total. The van der Waals surface area contributed by atoms with Gasteiger partial charge in [-0.25, -0.2) is 0 Å². The molecule has 1 atom stereocenters. The first-order valence-electron chi connectivity index (χ1n) is 9.15. The first-order valence-corrected chi connectivity index (χ1v) is 10.0. The Balaban J connectivity index is 0.00000312. The van der Waals surface area contributed by atoms with E-state index in [2.05, 4.69) is 46.9 Å². The molecule has 0 radical (unpaired) electrons. The summed E-state index contributed by atoms with van der Waals surface area (Å²) in [4.78, 5) is 8.63. The molecule has 0 spiro atoms. The summed E-state index contributed by atoms with van der Waals surface area (Å²) in [6, 6.07) is 4.30. The number of hydrogen-bond acceptors (Lipinski definition) is 4. The number of halogens is 1. The first-order chi connectivity index (χ1) is 11.8. The molecule has 2 N–H and O–H groups in total. The highest BCUT2D eigenvalue weighted by Gasteiger charge is 2.09. The molecule has 7 heteroatoms. The van der Waals surface area contributed by atoms with Gasteiger partial charge in [0, 0.05) is 37.0 Å². The van der Waals surface area contributed by atoms with Crippen LogP contribution in [0.25, 0.3) is 0 Å². The van der Waals surface area contributed by atoms with Crippen molar-refractivity contribution in [3.8, 4) is 0 Å². The Labute approximate surface area is 173 Å². The molecule has 0 aromatic carbocycles. The van der Waals surface area contributed by atoms with Crippen LogP contribution in [0.3, 0.4) is 0 Å². The highest BCUT2D eigenvalue weighted by Crippen LogP contribution is 2.20. The Morgan fingerprint density at radius 3 is 2.80 bits per heavy atom. The summed E-state index contributed by atoms with van der Waals surface area (Å²) in [5.74, 6) is 1.41. The predicted molar refractivity (Wildman–Crippen MR) is 119 cm³/mol. The summed E-state index contributed by atoms with van der Waals surface area (Å²) in [5, 5.41) is 8.93. The molecule has 0 amide bonds. The van der Waals surface area contributed by atoms with Crippen LogP contribution in [0, 0.1) is 0 Å². The van der Waals surface area contributed by atoms with E-state index in [4.69, 9.17) is 9.73 Å². The van der Waals surface area contributed by atoms with Gasteiger partial charge in [0.25, 0.3) is 0 Å². The van der Waals surface area contributed by atoms with Crippen LogP contribution < -0.4 is 10.6 Å². The van der Waals surface area contributed by atoms with Gasteiger partial charge >= 0.3 is 0 Å². The Morgan fingerprint density at radius 1 is 1.32 bits per heavy atom. The molecule has 1 unspecified atom stereocenters. The SMILES string of the molecule is CCNC(=NCC(C)c1cccs1)NCCCCN1CCOCC1.I. The average Bonchev–Trinajstić information content (AvgIpc) is 3.14. The van der Waals surface area contributed by atoms with Crippen molar-refractivity contribution >= 4 is 41.3 Å². The van der Waals surface area contributed by atoms with Crippen molar-refractivity contribution in [2.75, 3.05) is 52.5 Å². The van der Waals surface area contributed by atoms with E-state index in [1.54, 1.807) is 0 Å². The molecule has 1 aromatic heterocycles. The normalized spacial score (nSPS) is 17.0. The van der Waals surface area contributed by atoms with Crippen molar-refractivity contribution in [1.82, 2.24) is 15.5 Å². The van der Waals surface area contributed by atoms with Crippen LogP contribution in [0.15, 0.2) is 22.5 Å². The molecule has 0 saturated carbocycles. The Morgan fingerprint density at radius 2 is 2.12 bits per heavy atom. The topological polar surface area (TPSA) is 48.9 Å². The van der Waals surface area contributed by atoms with Gasteiger partial charge in [-0.3, -0.25) is 9.89 Å². The lowest BCUT2D eigenvalue weighted by Crippen LogP contribution is -2.39. The lowest BCUT2D eigenvalue weighted by Gasteiger charge is -2.26. The molecule has 1 aliphatic rings. The van der Waals surface area contributed by atoms with E-state index in [-0.39, 0.29) is 24.0 Å². The van der Waals surface area contributed by atoms with Gasteiger partial charge in [-0.15, -0.1) is 35.3 Å². The largest absolute Gasteiger partial charge is 0.379 e. The van der Waals surface area contributed by atoms with Crippen molar-refractivity contribution in [2.24, 2.45) is 4.99 Å². The van der Waals surface area contributed by atoms with Crippen LogP contribution in [0.2, 0.25) is 0 Å². The van der Waals surface area contributed by atoms with Crippen molar-refractivity contribution in [1.29, 1.82) is 0 Å². The molecule has 2 rings (SSSR count). The number of nitrogens with one attached hydrogen (secondary N) is 2. The highest BCUT2D eigenvalue weighted by atomic mass is 127. The molecular formula is C18H33IN4OS. The molecular weight excluding hydrogens is 447 g/mol. The maximum absolute atomic E-state index is 5.38. The average molecular weight is 480 g/mol. The molecule has 144 valence electrons. The number of hydrogen-bond donors (Lipinski definition) is 2. The molecule has 1 aliphatic heterocycles. The number of unbranched alkanes of at least 4 members (excludes halogenated alkanes) is 1. The summed E-state index contributed by atoms with van der Waals surface area (Å²) < 4.78 is 5.38. The minimum absolute atomic E-state index is 0. The second-order valence-electron chi connectivity index (χ2n) is 6.22. The molecule has 1 saturated heterocycles. The monoisotopic (exact) mass is 480 g/mol. The lowest BCUT2D eigenvalue weighted by molar-refractivity contribution is 0.0372. The standard InChI is InChI=1S/C18H32N4OS.HI/c1-3-19-18(21-15-16(2)17-7-6-14-24-17)20-8-4-5-9-22-10-12-23-13-11-22;/h6-7,14,16H,3-5,8-13,15H2,1-2H3,(H2,19,20,21);1H. The van der Waals surface area contributed by atoms with Crippen molar-refractivity contribution in [3.05, 3.63) is 22.4 Å². The Hall–Kier alpha value is -0.380. The number of guanidine groups is 1. The summed E-state index contributed by atoms with van der Waals surface area (Å²) in [6.07, 6.45) is 2.39. The predicted octanol–water partition coefficient (Wildman–Crippen LogP) is 3.14. The summed E-state index contributed by atoms with van der Waals surface area (Å²) in [5.41, 5.74) is 0. The second kappa shape index (κ2) is 13.8. The number of nitrogens with zero attached hydrogens (tertiary/aromatic N) is 2. The van der Waals surface area contributed by atoms with E-state index < -0.39 is 0 Å². The fraction of sp³-hybridized carbons (Fsp3) is 0.722. The van der Waals surface area contributed by atoms with Gasteiger partial charge in [-0.05, 0) is 37.8 Å². The number of thiophene rings is 1. The van der Waals surface area contributed by atoms with Crippen LogP contribution in [0.1, 0.15) is 37.5 Å². The van der Waals surface area contributed by atoms with Crippen LogP contribution in [0.4, 0.5) is 0 Å². The van der Waals surface area contributed by atoms with E-state index in [1.165, 1.54) is 24.3 Å². The van der Waals surface area contributed by atoms with Gasteiger partial charge in [0.05, 0.1) is 19.8 Å². The number of rotatable bonds is 9. The molecule has 2 heterocycles. The Bertz CT molecular complexity index is 464. The number of morpholine rings is 1. The minimum Gasteiger partial charge on any atom is -0.379 e. The van der Waals surface area contributed by atoms with Crippen LogP contribution in [0.5, 0.6) is 0 Å². The number of aliphatic imine (C=N–C) groups is 1. The summed E-state index contributed by atoms with van der Waals surface area (Å²) >= 11 is 1.81. The maximum atomic E-state index is 5.38. The zero-order valence-electron chi connectivity index (χ0n) is 15.5. The van der Waals surface area contributed by atoms with E-state index in [1.807, 2.05) is 11.3 Å². The van der Waals surface area contributed by atoms with E-state index in [0.717, 1.165) is 51.9 Å². The fourth-order valence-corrected chi connectivity index (χ4v) is 3.50. The maximum Gasteiger partial charge on any atom is 0.191 e. The van der Waals surface area contributed by atoms with Gasteiger partial charge in [0.15, 0.2) is 5.96 Å². The molecule has 1 aromatic rings. The van der Waals surface area contributed by atoms with Gasteiger partial charge in [0.2, 0.25) is 0 Å². The first kappa shape index (κ1) is 22.7. The van der Waals surface area contributed by atoms with Crippen LogP contribution in [-0.2, 0) is 4.74 Å². The third kappa shape index (κ3) is 9.21. The molecule has 1 fully saturated rings. The second-order valence-corrected chi connectivity index (χ2v) is 7.20. The third-order valence-corrected chi connectivity index (χ3v) is 5.30. The zero-order valence-corrected chi connectivity index (χ0v) is 18.6. The van der Waals surface area contributed by atoms with Gasteiger partial charge < -0.3 is 15.4 Å². The smallest absolute Gasteiger partial charge is 0.191 e.